The number of carbonyl (C=O) groups excluding carboxylic acids is 2. The Kier molecular flexibility index (Phi) is 5.11. The molecule has 2 aromatic heterocycles. The molecule has 140 valence electrons. The molecular formula is C18H26N6O2. The second-order valence-electron chi connectivity index (χ2n) is 7.29. The monoisotopic (exact) mass is 358 g/mol. The molecule has 2 aromatic rings. The van der Waals surface area contributed by atoms with E-state index >= 15 is 0 Å². The molecule has 0 aliphatic carbocycles. The first-order valence-corrected chi connectivity index (χ1v) is 9.00. The first kappa shape index (κ1) is 18.2. The fourth-order valence-corrected chi connectivity index (χ4v) is 3.40. The van der Waals surface area contributed by atoms with Gasteiger partial charge in [0.1, 0.15) is 5.54 Å². The highest BCUT2D eigenvalue weighted by Crippen LogP contribution is 2.31. The maximum absolute atomic E-state index is 13.1. The molecular weight excluding hydrogens is 332 g/mol. The molecule has 1 saturated heterocycles. The number of hydrogen-bond acceptors (Lipinski definition) is 4. The molecule has 0 atom stereocenters. The number of nitrogens with one attached hydrogen (secondary N) is 1. The van der Waals surface area contributed by atoms with Crippen molar-refractivity contribution in [3.8, 4) is 0 Å². The molecule has 2 amide bonds. The third kappa shape index (κ3) is 3.63. The first-order chi connectivity index (χ1) is 12.4. The van der Waals surface area contributed by atoms with Crippen molar-refractivity contribution in [1.29, 1.82) is 0 Å². The summed E-state index contributed by atoms with van der Waals surface area (Å²) in [5, 5.41) is 11.5. The van der Waals surface area contributed by atoms with Crippen LogP contribution in [-0.2, 0) is 22.2 Å². The van der Waals surface area contributed by atoms with Crippen LogP contribution in [0.1, 0.15) is 33.1 Å². The Morgan fingerprint density at radius 2 is 2.00 bits per heavy atom. The van der Waals surface area contributed by atoms with Crippen LogP contribution in [0.2, 0.25) is 0 Å². The van der Waals surface area contributed by atoms with Crippen molar-refractivity contribution < 1.29 is 9.59 Å². The van der Waals surface area contributed by atoms with E-state index in [0.717, 1.165) is 0 Å². The number of piperidine rings is 1. The fourth-order valence-electron chi connectivity index (χ4n) is 3.40. The second-order valence-corrected chi connectivity index (χ2v) is 7.29. The molecule has 1 aliphatic heterocycles. The molecule has 0 aromatic carbocycles. The SMILES string of the molecule is CC(C)CC(=O)N1CCC(C(=O)Nc2ccn(C)n2)(n2cccn2)CC1. The van der Waals surface area contributed by atoms with E-state index in [-0.39, 0.29) is 11.8 Å². The van der Waals surface area contributed by atoms with E-state index in [0.29, 0.717) is 44.1 Å². The van der Waals surface area contributed by atoms with Gasteiger partial charge in [-0.25, -0.2) is 0 Å². The first-order valence-electron chi connectivity index (χ1n) is 9.00. The summed E-state index contributed by atoms with van der Waals surface area (Å²) in [5.74, 6) is 0.852. The average molecular weight is 358 g/mol. The predicted octanol–water partition coefficient (Wildman–Crippen LogP) is 1.62. The Balaban J connectivity index is 1.77. The Hall–Kier alpha value is -2.64. The minimum absolute atomic E-state index is 0.143. The number of amides is 2. The third-order valence-electron chi connectivity index (χ3n) is 4.85. The summed E-state index contributed by atoms with van der Waals surface area (Å²) in [6.45, 7) is 5.16. The largest absolute Gasteiger partial charge is 0.342 e. The lowest BCUT2D eigenvalue weighted by molar-refractivity contribution is -0.138. The lowest BCUT2D eigenvalue weighted by atomic mass is 9.86. The normalized spacial score (nSPS) is 16.7. The predicted molar refractivity (Wildman–Crippen MR) is 97.3 cm³/mol. The molecule has 1 N–H and O–H groups in total. The molecule has 0 bridgehead atoms. The van der Waals surface area contributed by atoms with Gasteiger partial charge in [0.2, 0.25) is 5.91 Å². The number of rotatable bonds is 5. The minimum atomic E-state index is -0.810. The van der Waals surface area contributed by atoms with Crippen LogP contribution in [0, 0.1) is 5.92 Å². The van der Waals surface area contributed by atoms with Gasteiger partial charge in [0, 0.05) is 51.2 Å². The summed E-state index contributed by atoms with van der Waals surface area (Å²) >= 11 is 0. The number of anilines is 1. The van der Waals surface area contributed by atoms with Gasteiger partial charge in [-0.2, -0.15) is 10.2 Å². The highest BCUT2D eigenvalue weighted by Gasteiger charge is 2.44. The topological polar surface area (TPSA) is 85.0 Å². The number of hydrogen-bond donors (Lipinski definition) is 1. The Morgan fingerprint density at radius 1 is 1.27 bits per heavy atom. The van der Waals surface area contributed by atoms with Crippen molar-refractivity contribution in [2.24, 2.45) is 13.0 Å². The standard InChI is InChI=1S/C18H26N6O2/c1-14(2)13-16(25)23-11-6-18(7-12-23,24-9-4-8-19-24)17(26)20-15-5-10-22(3)21-15/h4-5,8-10,14H,6-7,11-13H2,1-3H3,(H,20,21,26). The van der Waals surface area contributed by atoms with Gasteiger partial charge in [0.25, 0.3) is 5.91 Å². The van der Waals surface area contributed by atoms with E-state index in [2.05, 4.69) is 15.5 Å². The molecule has 1 fully saturated rings. The van der Waals surface area contributed by atoms with Crippen LogP contribution in [-0.4, -0.2) is 49.4 Å². The van der Waals surface area contributed by atoms with Crippen LogP contribution >= 0.6 is 0 Å². The molecule has 3 rings (SSSR count). The highest BCUT2D eigenvalue weighted by atomic mass is 16.2. The Morgan fingerprint density at radius 3 is 2.54 bits per heavy atom. The van der Waals surface area contributed by atoms with Gasteiger partial charge in [-0.15, -0.1) is 0 Å². The van der Waals surface area contributed by atoms with Gasteiger partial charge in [-0.05, 0) is 24.8 Å². The number of likely N-dealkylation sites (tertiary alicyclic amines) is 1. The smallest absolute Gasteiger partial charge is 0.253 e. The van der Waals surface area contributed by atoms with E-state index in [1.54, 1.807) is 34.9 Å². The number of carbonyl (C=O) groups is 2. The Bertz CT molecular complexity index is 757. The lowest BCUT2D eigenvalue weighted by Gasteiger charge is -2.40. The molecule has 1 aliphatic rings. The van der Waals surface area contributed by atoms with Gasteiger partial charge in [-0.3, -0.25) is 19.0 Å². The molecule has 3 heterocycles. The van der Waals surface area contributed by atoms with Crippen molar-refractivity contribution in [3.63, 3.8) is 0 Å². The number of nitrogens with zero attached hydrogens (tertiary/aromatic N) is 5. The van der Waals surface area contributed by atoms with E-state index in [1.807, 2.05) is 31.0 Å². The maximum Gasteiger partial charge on any atom is 0.253 e. The summed E-state index contributed by atoms with van der Waals surface area (Å²) in [4.78, 5) is 27.3. The summed E-state index contributed by atoms with van der Waals surface area (Å²) in [5.41, 5.74) is -0.810. The molecule has 0 saturated carbocycles. The number of aryl methyl sites for hydroxylation is 1. The van der Waals surface area contributed by atoms with E-state index in [4.69, 9.17) is 0 Å². The zero-order chi connectivity index (χ0) is 18.7. The Labute approximate surface area is 153 Å². The van der Waals surface area contributed by atoms with Gasteiger partial charge >= 0.3 is 0 Å². The molecule has 0 radical (unpaired) electrons. The summed E-state index contributed by atoms with van der Waals surface area (Å²) < 4.78 is 3.36. The van der Waals surface area contributed by atoms with Gasteiger partial charge in [-0.1, -0.05) is 13.8 Å². The van der Waals surface area contributed by atoms with Crippen molar-refractivity contribution >= 4 is 17.6 Å². The third-order valence-corrected chi connectivity index (χ3v) is 4.85. The zero-order valence-corrected chi connectivity index (χ0v) is 15.6. The van der Waals surface area contributed by atoms with Crippen molar-refractivity contribution in [2.45, 2.75) is 38.6 Å². The molecule has 26 heavy (non-hydrogen) atoms. The van der Waals surface area contributed by atoms with Gasteiger partial charge in [0.15, 0.2) is 5.82 Å². The van der Waals surface area contributed by atoms with E-state index in [9.17, 15) is 9.59 Å². The van der Waals surface area contributed by atoms with Gasteiger partial charge in [0.05, 0.1) is 0 Å². The van der Waals surface area contributed by atoms with Crippen LogP contribution < -0.4 is 5.32 Å². The van der Waals surface area contributed by atoms with Crippen molar-refractivity contribution in [3.05, 3.63) is 30.7 Å². The van der Waals surface area contributed by atoms with Crippen LogP contribution in [0.5, 0.6) is 0 Å². The summed E-state index contributed by atoms with van der Waals surface area (Å²) in [6, 6.07) is 3.57. The molecule has 0 spiro atoms. The molecule has 0 unspecified atom stereocenters. The van der Waals surface area contributed by atoms with Gasteiger partial charge < -0.3 is 10.2 Å². The van der Waals surface area contributed by atoms with E-state index in [1.165, 1.54) is 0 Å². The average Bonchev–Trinajstić information content (AvgIpc) is 3.26. The molecule has 8 heteroatoms. The quantitative estimate of drug-likeness (QED) is 0.880. The van der Waals surface area contributed by atoms with E-state index < -0.39 is 5.54 Å². The maximum atomic E-state index is 13.1. The summed E-state index contributed by atoms with van der Waals surface area (Å²) in [7, 11) is 1.80. The minimum Gasteiger partial charge on any atom is -0.342 e. The fraction of sp³-hybridized carbons (Fsp3) is 0.556. The summed E-state index contributed by atoms with van der Waals surface area (Å²) in [6.07, 6.45) is 6.85. The van der Waals surface area contributed by atoms with Crippen LogP contribution in [0.25, 0.3) is 0 Å². The number of aromatic nitrogens is 4. The van der Waals surface area contributed by atoms with Crippen LogP contribution in [0.15, 0.2) is 30.7 Å². The zero-order valence-electron chi connectivity index (χ0n) is 15.6. The second kappa shape index (κ2) is 7.31. The lowest BCUT2D eigenvalue weighted by Crippen LogP contribution is -2.54. The van der Waals surface area contributed by atoms with Crippen molar-refractivity contribution in [2.75, 3.05) is 18.4 Å². The molecule has 8 nitrogen and oxygen atoms in total. The van der Waals surface area contributed by atoms with Crippen LogP contribution in [0.4, 0.5) is 5.82 Å². The van der Waals surface area contributed by atoms with Crippen LogP contribution in [0.3, 0.4) is 0 Å². The van der Waals surface area contributed by atoms with Crippen molar-refractivity contribution in [1.82, 2.24) is 24.5 Å². The highest BCUT2D eigenvalue weighted by molar-refractivity contribution is 5.96.